The number of rotatable bonds is 2. The summed E-state index contributed by atoms with van der Waals surface area (Å²) in [7, 11) is 0. The van der Waals surface area contributed by atoms with Crippen LogP contribution in [-0.4, -0.2) is 33.0 Å². The van der Waals surface area contributed by atoms with E-state index >= 15 is 0 Å². The molecule has 5 heteroatoms. The third kappa shape index (κ3) is 2.00. The molecule has 2 N–H and O–H groups in total. The van der Waals surface area contributed by atoms with Crippen molar-refractivity contribution in [2.24, 2.45) is 0 Å². The number of thioether (sulfide) groups is 1. The zero-order chi connectivity index (χ0) is 10.8. The van der Waals surface area contributed by atoms with Gasteiger partial charge in [-0.25, -0.2) is 0 Å². The van der Waals surface area contributed by atoms with Gasteiger partial charge in [0.05, 0.1) is 0 Å². The van der Waals surface area contributed by atoms with Crippen LogP contribution in [-0.2, 0) is 0 Å². The first-order chi connectivity index (χ1) is 7.92. The fourth-order valence-electron chi connectivity index (χ4n) is 2.01. The van der Waals surface area contributed by atoms with E-state index in [9.17, 15) is 0 Å². The number of nitrogens with zero attached hydrogens (tertiary/aromatic N) is 2. The maximum Gasteiger partial charge on any atom is 0.115 e. The average Bonchev–Trinajstić information content (AvgIpc) is 2.77. The van der Waals surface area contributed by atoms with Crippen molar-refractivity contribution in [1.82, 2.24) is 15.4 Å². The Morgan fingerprint density at radius 2 is 2.00 bits per heavy atom. The van der Waals surface area contributed by atoms with Crippen molar-refractivity contribution in [2.45, 2.75) is 18.9 Å². The van der Waals surface area contributed by atoms with Crippen LogP contribution in [0.3, 0.4) is 0 Å². The molecule has 16 heavy (non-hydrogen) atoms. The fourth-order valence-corrected chi connectivity index (χ4v) is 3.11. The fraction of sp³-hybridized carbons (Fsp3) is 0.455. The highest BCUT2D eigenvalue weighted by atomic mass is 32.2. The van der Waals surface area contributed by atoms with Gasteiger partial charge in [-0.15, -0.1) is 0 Å². The monoisotopic (exact) mass is 234 g/mol. The van der Waals surface area contributed by atoms with Gasteiger partial charge in [-0.3, -0.25) is 0 Å². The summed E-state index contributed by atoms with van der Waals surface area (Å²) in [6, 6.07) is 6.75. The summed E-state index contributed by atoms with van der Waals surface area (Å²) < 4.78 is 0. The van der Waals surface area contributed by atoms with E-state index in [-0.39, 0.29) is 0 Å². The lowest BCUT2D eigenvalue weighted by atomic mass is 10.1. The predicted octanol–water partition coefficient (Wildman–Crippen LogP) is 2.27. The lowest BCUT2D eigenvalue weighted by Crippen LogP contribution is -2.24. The summed E-state index contributed by atoms with van der Waals surface area (Å²) >= 11 is 2.05. The van der Waals surface area contributed by atoms with Crippen LogP contribution in [0.4, 0.5) is 5.69 Å². The number of aromatic nitrogens is 3. The summed E-state index contributed by atoms with van der Waals surface area (Å²) in [6.45, 7) is 0. The number of benzene rings is 1. The van der Waals surface area contributed by atoms with Gasteiger partial charge < -0.3 is 5.32 Å². The van der Waals surface area contributed by atoms with E-state index in [4.69, 9.17) is 0 Å². The van der Waals surface area contributed by atoms with Gasteiger partial charge in [0.15, 0.2) is 0 Å². The second-order valence-electron chi connectivity index (χ2n) is 4.06. The van der Waals surface area contributed by atoms with Crippen LogP contribution in [0.25, 0.3) is 11.0 Å². The van der Waals surface area contributed by atoms with Gasteiger partial charge in [-0.2, -0.15) is 27.2 Å². The van der Waals surface area contributed by atoms with Crippen molar-refractivity contribution < 1.29 is 0 Å². The Morgan fingerprint density at radius 3 is 2.88 bits per heavy atom. The topological polar surface area (TPSA) is 53.6 Å². The van der Waals surface area contributed by atoms with Crippen LogP contribution < -0.4 is 5.32 Å². The van der Waals surface area contributed by atoms with Gasteiger partial charge in [-0.05, 0) is 42.5 Å². The molecule has 0 spiro atoms. The van der Waals surface area contributed by atoms with Gasteiger partial charge in [0, 0.05) is 11.7 Å². The molecule has 1 aliphatic rings. The number of anilines is 1. The first-order valence-corrected chi connectivity index (χ1v) is 6.72. The van der Waals surface area contributed by atoms with Gasteiger partial charge in [0.25, 0.3) is 0 Å². The Morgan fingerprint density at radius 1 is 1.19 bits per heavy atom. The SMILES string of the molecule is c1cc2n[nH]nc2cc1NC1CCSCC1. The summed E-state index contributed by atoms with van der Waals surface area (Å²) in [4.78, 5) is 0. The molecule has 84 valence electrons. The quantitative estimate of drug-likeness (QED) is 0.837. The lowest BCUT2D eigenvalue weighted by Gasteiger charge is -2.23. The van der Waals surface area contributed by atoms with Crippen LogP contribution in [0.1, 0.15) is 12.8 Å². The van der Waals surface area contributed by atoms with Crippen LogP contribution >= 0.6 is 11.8 Å². The minimum Gasteiger partial charge on any atom is -0.382 e. The van der Waals surface area contributed by atoms with Crippen molar-refractivity contribution in [1.29, 1.82) is 0 Å². The largest absolute Gasteiger partial charge is 0.382 e. The molecule has 0 atom stereocenters. The lowest BCUT2D eigenvalue weighted by molar-refractivity contribution is 0.667. The maximum atomic E-state index is 4.09. The Labute approximate surface area is 98.2 Å². The summed E-state index contributed by atoms with van der Waals surface area (Å²) in [5.74, 6) is 2.54. The van der Waals surface area contributed by atoms with E-state index < -0.39 is 0 Å². The number of fused-ring (bicyclic) bond motifs is 1. The number of H-pyrrole nitrogens is 1. The van der Waals surface area contributed by atoms with Gasteiger partial charge in [0.1, 0.15) is 11.0 Å². The second-order valence-corrected chi connectivity index (χ2v) is 5.28. The van der Waals surface area contributed by atoms with E-state index in [0.29, 0.717) is 6.04 Å². The predicted molar refractivity (Wildman–Crippen MR) is 67.9 cm³/mol. The number of aromatic amines is 1. The Bertz CT molecular complexity index is 476. The normalized spacial score (nSPS) is 17.8. The molecule has 1 aromatic carbocycles. The molecule has 1 saturated heterocycles. The van der Waals surface area contributed by atoms with E-state index in [1.54, 1.807) is 0 Å². The van der Waals surface area contributed by atoms with Gasteiger partial charge >= 0.3 is 0 Å². The molecule has 3 rings (SSSR count). The van der Waals surface area contributed by atoms with Gasteiger partial charge in [0.2, 0.25) is 0 Å². The average molecular weight is 234 g/mol. The van der Waals surface area contributed by atoms with Crippen LogP contribution in [0.2, 0.25) is 0 Å². The number of hydrogen-bond acceptors (Lipinski definition) is 4. The molecular weight excluding hydrogens is 220 g/mol. The molecule has 2 heterocycles. The molecule has 1 fully saturated rings. The molecule has 4 nitrogen and oxygen atoms in total. The first kappa shape index (κ1) is 9.96. The highest BCUT2D eigenvalue weighted by Crippen LogP contribution is 2.22. The van der Waals surface area contributed by atoms with E-state index in [0.717, 1.165) is 16.7 Å². The van der Waals surface area contributed by atoms with Crippen LogP contribution in [0.5, 0.6) is 0 Å². The van der Waals surface area contributed by atoms with Crippen molar-refractivity contribution in [3.63, 3.8) is 0 Å². The molecule has 1 aliphatic heterocycles. The zero-order valence-corrected chi connectivity index (χ0v) is 9.76. The number of nitrogens with one attached hydrogen (secondary N) is 2. The molecular formula is C11H14N4S. The second kappa shape index (κ2) is 4.33. The standard InChI is InChI=1S/C11H14N4S/c1-2-10-11(14-15-13-10)7-9(1)12-8-3-5-16-6-4-8/h1-2,7-8,12H,3-6H2,(H,13,14,15). The first-order valence-electron chi connectivity index (χ1n) is 5.56. The zero-order valence-electron chi connectivity index (χ0n) is 8.94. The van der Waals surface area contributed by atoms with E-state index in [1.807, 2.05) is 17.8 Å². The smallest absolute Gasteiger partial charge is 0.115 e. The molecule has 0 amide bonds. The third-order valence-corrected chi connectivity index (χ3v) is 3.96. The van der Waals surface area contributed by atoms with Crippen molar-refractivity contribution >= 4 is 28.5 Å². The minimum absolute atomic E-state index is 0.616. The molecule has 0 radical (unpaired) electrons. The Hall–Kier alpha value is -1.23. The van der Waals surface area contributed by atoms with Crippen molar-refractivity contribution in [3.8, 4) is 0 Å². The van der Waals surface area contributed by atoms with E-state index in [1.165, 1.54) is 24.3 Å². The molecule has 0 unspecified atom stereocenters. The van der Waals surface area contributed by atoms with E-state index in [2.05, 4.69) is 32.9 Å². The van der Waals surface area contributed by atoms with Crippen molar-refractivity contribution in [3.05, 3.63) is 18.2 Å². The van der Waals surface area contributed by atoms with Crippen molar-refractivity contribution in [2.75, 3.05) is 16.8 Å². The number of hydrogen-bond donors (Lipinski definition) is 2. The molecule has 1 aromatic heterocycles. The molecule has 0 saturated carbocycles. The molecule has 0 bridgehead atoms. The highest BCUT2D eigenvalue weighted by molar-refractivity contribution is 7.99. The molecule has 0 aliphatic carbocycles. The Balaban J connectivity index is 1.77. The third-order valence-electron chi connectivity index (χ3n) is 2.91. The maximum absolute atomic E-state index is 4.09. The molecule has 2 aromatic rings. The minimum atomic E-state index is 0.616. The van der Waals surface area contributed by atoms with Crippen LogP contribution in [0.15, 0.2) is 18.2 Å². The van der Waals surface area contributed by atoms with Gasteiger partial charge in [-0.1, -0.05) is 0 Å². The summed E-state index contributed by atoms with van der Waals surface area (Å²) in [5.41, 5.74) is 3.00. The highest BCUT2D eigenvalue weighted by Gasteiger charge is 2.13. The Kier molecular flexibility index (Phi) is 2.70. The summed E-state index contributed by atoms with van der Waals surface area (Å²) in [6.07, 6.45) is 2.50. The summed E-state index contributed by atoms with van der Waals surface area (Å²) in [5, 5.41) is 14.3. The van der Waals surface area contributed by atoms with Crippen LogP contribution in [0, 0.1) is 0 Å².